The highest BCUT2D eigenvalue weighted by molar-refractivity contribution is 5.81. The van der Waals surface area contributed by atoms with Gasteiger partial charge in [0.2, 0.25) is 11.8 Å². The Balaban J connectivity index is 1.45. The van der Waals surface area contributed by atoms with E-state index in [1.807, 2.05) is 35.8 Å². The van der Waals surface area contributed by atoms with Gasteiger partial charge in [-0.2, -0.15) is 0 Å². The number of amides is 2. The van der Waals surface area contributed by atoms with Crippen molar-refractivity contribution >= 4 is 22.7 Å². The number of carbonyl (C=O) groups excluding carboxylic acids is 2. The third-order valence-electron chi connectivity index (χ3n) is 5.45. The highest BCUT2D eigenvalue weighted by atomic mass is 16.2. The molecule has 1 aliphatic heterocycles. The monoisotopic (exact) mass is 370 g/mol. The SMILES string of the molecule is CCN(CC)C(=O)CN1CCN(C(=O)CCn2ccc3ccccc32)CC1. The molecule has 1 aromatic carbocycles. The summed E-state index contributed by atoms with van der Waals surface area (Å²) in [6.07, 6.45) is 2.56. The van der Waals surface area contributed by atoms with Crippen molar-refractivity contribution < 1.29 is 9.59 Å². The van der Waals surface area contributed by atoms with Gasteiger partial charge in [-0.25, -0.2) is 0 Å². The summed E-state index contributed by atoms with van der Waals surface area (Å²) in [7, 11) is 0. The van der Waals surface area contributed by atoms with Gasteiger partial charge in [-0.05, 0) is 31.4 Å². The molecule has 0 atom stereocenters. The van der Waals surface area contributed by atoms with E-state index in [1.165, 1.54) is 10.9 Å². The third-order valence-corrected chi connectivity index (χ3v) is 5.45. The van der Waals surface area contributed by atoms with E-state index >= 15 is 0 Å². The second-order valence-electron chi connectivity index (χ2n) is 7.04. The molecule has 2 aromatic rings. The number of rotatable bonds is 7. The number of carbonyl (C=O) groups is 2. The molecule has 3 rings (SSSR count). The molecular weight excluding hydrogens is 340 g/mol. The van der Waals surface area contributed by atoms with E-state index in [-0.39, 0.29) is 11.8 Å². The number of piperazine rings is 1. The minimum atomic E-state index is 0.180. The molecule has 0 radical (unpaired) electrons. The first kappa shape index (κ1) is 19.4. The van der Waals surface area contributed by atoms with Crippen molar-refractivity contribution in [3.8, 4) is 0 Å². The van der Waals surface area contributed by atoms with Crippen molar-refractivity contribution in [3.05, 3.63) is 36.5 Å². The Morgan fingerprint density at radius 3 is 2.41 bits per heavy atom. The number of hydrogen-bond acceptors (Lipinski definition) is 3. The van der Waals surface area contributed by atoms with Crippen LogP contribution < -0.4 is 0 Å². The van der Waals surface area contributed by atoms with E-state index in [1.54, 1.807) is 0 Å². The fourth-order valence-corrected chi connectivity index (χ4v) is 3.73. The first-order valence-corrected chi connectivity index (χ1v) is 9.94. The molecule has 146 valence electrons. The van der Waals surface area contributed by atoms with Gasteiger partial charge in [0.25, 0.3) is 0 Å². The molecule has 0 N–H and O–H groups in total. The zero-order valence-corrected chi connectivity index (χ0v) is 16.4. The van der Waals surface area contributed by atoms with E-state index in [2.05, 4.69) is 33.9 Å². The van der Waals surface area contributed by atoms with Gasteiger partial charge in [0, 0.05) is 63.9 Å². The predicted molar refractivity (Wildman–Crippen MR) is 108 cm³/mol. The van der Waals surface area contributed by atoms with Crippen molar-refractivity contribution in [2.24, 2.45) is 0 Å². The summed E-state index contributed by atoms with van der Waals surface area (Å²) in [5.41, 5.74) is 1.17. The van der Waals surface area contributed by atoms with Crippen molar-refractivity contribution in [3.63, 3.8) is 0 Å². The van der Waals surface area contributed by atoms with Gasteiger partial charge in [-0.1, -0.05) is 18.2 Å². The molecule has 6 heteroatoms. The Hall–Kier alpha value is -2.34. The Morgan fingerprint density at radius 1 is 1.00 bits per heavy atom. The number of fused-ring (bicyclic) bond motifs is 1. The molecule has 1 aromatic heterocycles. The third kappa shape index (κ3) is 4.69. The number of hydrogen-bond donors (Lipinski definition) is 0. The molecule has 27 heavy (non-hydrogen) atoms. The molecular formula is C21H30N4O2. The Bertz CT molecular complexity index is 773. The van der Waals surface area contributed by atoms with Crippen molar-refractivity contribution in [1.29, 1.82) is 0 Å². The number of aromatic nitrogens is 1. The molecule has 6 nitrogen and oxygen atoms in total. The van der Waals surface area contributed by atoms with Crippen LogP contribution in [0.5, 0.6) is 0 Å². The maximum absolute atomic E-state index is 12.6. The van der Waals surface area contributed by atoms with Gasteiger partial charge >= 0.3 is 0 Å². The molecule has 1 fully saturated rings. The smallest absolute Gasteiger partial charge is 0.236 e. The summed E-state index contributed by atoms with van der Waals surface area (Å²) >= 11 is 0. The molecule has 0 unspecified atom stereocenters. The fraction of sp³-hybridized carbons (Fsp3) is 0.524. The summed E-state index contributed by atoms with van der Waals surface area (Å²) < 4.78 is 2.15. The predicted octanol–water partition coefficient (Wildman–Crippen LogP) is 2.04. The lowest BCUT2D eigenvalue weighted by molar-refractivity contribution is -0.135. The second kappa shape index (κ2) is 9.04. The average Bonchev–Trinajstić information content (AvgIpc) is 3.11. The maximum Gasteiger partial charge on any atom is 0.236 e. The number of likely N-dealkylation sites (N-methyl/N-ethyl adjacent to an activating group) is 1. The Morgan fingerprint density at radius 2 is 1.70 bits per heavy atom. The quantitative estimate of drug-likeness (QED) is 0.749. The summed E-state index contributed by atoms with van der Waals surface area (Å²) in [6.45, 7) is 9.62. The molecule has 0 saturated carbocycles. The molecule has 2 amide bonds. The van der Waals surface area contributed by atoms with E-state index in [0.717, 1.165) is 26.2 Å². The summed E-state index contributed by atoms with van der Waals surface area (Å²) in [4.78, 5) is 30.8. The number of para-hydroxylation sites is 1. The van der Waals surface area contributed by atoms with Crippen LogP contribution in [0, 0.1) is 0 Å². The van der Waals surface area contributed by atoms with Crippen LogP contribution in [0.4, 0.5) is 0 Å². The first-order chi connectivity index (χ1) is 13.1. The number of aryl methyl sites for hydroxylation is 1. The topological polar surface area (TPSA) is 48.8 Å². The highest BCUT2D eigenvalue weighted by Crippen LogP contribution is 2.16. The van der Waals surface area contributed by atoms with E-state index in [4.69, 9.17) is 0 Å². The number of benzene rings is 1. The zero-order chi connectivity index (χ0) is 19.2. The van der Waals surface area contributed by atoms with Gasteiger partial charge in [0.05, 0.1) is 6.54 Å². The van der Waals surface area contributed by atoms with Crippen LogP contribution in [0.15, 0.2) is 36.5 Å². The highest BCUT2D eigenvalue weighted by Gasteiger charge is 2.23. The minimum absolute atomic E-state index is 0.180. The zero-order valence-electron chi connectivity index (χ0n) is 16.4. The Kier molecular flexibility index (Phi) is 6.50. The van der Waals surface area contributed by atoms with E-state index in [0.29, 0.717) is 32.6 Å². The lowest BCUT2D eigenvalue weighted by atomic mass is 10.2. The summed E-state index contributed by atoms with van der Waals surface area (Å²) in [6, 6.07) is 10.3. The maximum atomic E-state index is 12.6. The first-order valence-electron chi connectivity index (χ1n) is 9.94. The molecule has 1 saturated heterocycles. The molecule has 2 heterocycles. The van der Waals surface area contributed by atoms with Crippen LogP contribution in [0.2, 0.25) is 0 Å². The van der Waals surface area contributed by atoms with Crippen molar-refractivity contribution in [1.82, 2.24) is 19.3 Å². The van der Waals surface area contributed by atoms with Crippen LogP contribution in [0.1, 0.15) is 20.3 Å². The average molecular weight is 370 g/mol. The van der Waals surface area contributed by atoms with Crippen LogP contribution in [-0.2, 0) is 16.1 Å². The van der Waals surface area contributed by atoms with Crippen LogP contribution >= 0.6 is 0 Å². The minimum Gasteiger partial charge on any atom is -0.347 e. The fourth-order valence-electron chi connectivity index (χ4n) is 3.73. The van der Waals surface area contributed by atoms with Gasteiger partial charge in [0.1, 0.15) is 0 Å². The van der Waals surface area contributed by atoms with E-state index < -0.39 is 0 Å². The molecule has 0 bridgehead atoms. The molecule has 1 aliphatic rings. The van der Waals surface area contributed by atoms with Crippen LogP contribution in [-0.4, -0.2) is 76.9 Å². The lowest BCUT2D eigenvalue weighted by Gasteiger charge is -2.35. The lowest BCUT2D eigenvalue weighted by Crippen LogP contribution is -2.51. The standard InChI is InChI=1S/C21H30N4O2/c1-3-23(4-2)21(27)17-22-13-15-25(16-14-22)20(26)10-12-24-11-9-18-7-5-6-8-19(18)24/h5-9,11H,3-4,10,12-17H2,1-2H3. The van der Waals surface area contributed by atoms with Gasteiger partial charge in [-0.15, -0.1) is 0 Å². The number of nitrogens with zero attached hydrogens (tertiary/aromatic N) is 4. The van der Waals surface area contributed by atoms with Crippen LogP contribution in [0.3, 0.4) is 0 Å². The Labute approximate surface area is 161 Å². The van der Waals surface area contributed by atoms with Crippen molar-refractivity contribution in [2.45, 2.75) is 26.8 Å². The largest absolute Gasteiger partial charge is 0.347 e. The van der Waals surface area contributed by atoms with Crippen LogP contribution in [0.25, 0.3) is 10.9 Å². The normalized spacial score (nSPS) is 15.3. The van der Waals surface area contributed by atoms with Gasteiger partial charge < -0.3 is 14.4 Å². The molecule has 0 aliphatic carbocycles. The van der Waals surface area contributed by atoms with E-state index in [9.17, 15) is 9.59 Å². The second-order valence-corrected chi connectivity index (χ2v) is 7.04. The van der Waals surface area contributed by atoms with Crippen molar-refractivity contribution in [2.75, 3.05) is 45.8 Å². The van der Waals surface area contributed by atoms with Gasteiger partial charge in [-0.3, -0.25) is 14.5 Å². The summed E-state index contributed by atoms with van der Waals surface area (Å²) in [5, 5.41) is 1.21. The van der Waals surface area contributed by atoms with Gasteiger partial charge in [0.15, 0.2) is 0 Å². The summed E-state index contributed by atoms with van der Waals surface area (Å²) in [5.74, 6) is 0.377. The molecule has 0 spiro atoms.